The zero-order valence-corrected chi connectivity index (χ0v) is 16.2. The third-order valence-corrected chi connectivity index (χ3v) is 7.13. The molecule has 4 rings (SSSR count). The summed E-state index contributed by atoms with van der Waals surface area (Å²) in [5.74, 6) is 1.37. The number of rotatable bonds is 3. The number of ether oxygens (including phenoxy) is 1. The lowest BCUT2D eigenvalue weighted by Crippen LogP contribution is -2.49. The second kappa shape index (κ2) is 6.53. The van der Waals surface area contributed by atoms with Gasteiger partial charge in [-0.1, -0.05) is 11.6 Å². The summed E-state index contributed by atoms with van der Waals surface area (Å²) in [4.78, 5) is 9.71. The summed E-state index contributed by atoms with van der Waals surface area (Å²) in [6.45, 7) is 3.34. The van der Waals surface area contributed by atoms with E-state index in [4.69, 9.17) is 16.3 Å². The van der Waals surface area contributed by atoms with E-state index in [1.165, 1.54) is 10.4 Å². The van der Waals surface area contributed by atoms with Crippen molar-refractivity contribution in [2.45, 2.75) is 30.4 Å². The summed E-state index contributed by atoms with van der Waals surface area (Å²) in [6, 6.07) is 3.08. The molecule has 26 heavy (non-hydrogen) atoms. The van der Waals surface area contributed by atoms with Crippen LogP contribution in [0, 0.1) is 0 Å². The maximum Gasteiger partial charge on any atom is 0.243 e. The lowest BCUT2D eigenvalue weighted by Gasteiger charge is -2.37. The van der Waals surface area contributed by atoms with E-state index in [0.29, 0.717) is 36.8 Å². The van der Waals surface area contributed by atoms with Crippen LogP contribution in [0.5, 0.6) is 5.75 Å². The Hall–Kier alpha value is -1.61. The van der Waals surface area contributed by atoms with Crippen LogP contribution in [0.25, 0.3) is 0 Å². The van der Waals surface area contributed by atoms with Crippen molar-refractivity contribution < 1.29 is 13.2 Å². The lowest BCUT2D eigenvalue weighted by atomic mass is 10.1. The molecule has 2 aliphatic heterocycles. The number of hydrogen-bond donors (Lipinski definition) is 1. The Balaban J connectivity index is 1.65. The minimum Gasteiger partial charge on any atom is -0.489 e. The SMILES string of the molecule is C[C@@H]1Cc2cc(S(=O)(=O)N3CCN(C)[C@@H](c4ncc[nH]4)C3)cc(Cl)c2O1. The average Bonchev–Trinajstić information content (AvgIpc) is 3.24. The molecule has 0 amide bonds. The smallest absolute Gasteiger partial charge is 0.243 e. The molecule has 1 aromatic carbocycles. The fraction of sp³-hybridized carbons (Fsp3) is 0.471. The Morgan fingerprint density at radius 2 is 2.15 bits per heavy atom. The van der Waals surface area contributed by atoms with Crippen LogP contribution < -0.4 is 4.74 Å². The molecule has 0 saturated carbocycles. The van der Waals surface area contributed by atoms with Crippen LogP contribution in [0.3, 0.4) is 0 Å². The van der Waals surface area contributed by atoms with Crippen LogP contribution in [0.4, 0.5) is 0 Å². The van der Waals surface area contributed by atoms with Crippen LogP contribution >= 0.6 is 11.6 Å². The zero-order chi connectivity index (χ0) is 18.5. The summed E-state index contributed by atoms with van der Waals surface area (Å²) in [6.07, 6.45) is 4.10. The Morgan fingerprint density at radius 3 is 2.88 bits per heavy atom. The van der Waals surface area contributed by atoms with E-state index in [1.807, 2.05) is 14.0 Å². The Morgan fingerprint density at radius 1 is 1.35 bits per heavy atom. The molecule has 1 fully saturated rings. The number of fused-ring (bicyclic) bond motifs is 1. The number of hydrogen-bond acceptors (Lipinski definition) is 5. The molecular formula is C17H21ClN4O3S. The van der Waals surface area contributed by atoms with Gasteiger partial charge in [0.25, 0.3) is 0 Å². The number of benzene rings is 1. The van der Waals surface area contributed by atoms with Gasteiger partial charge in [0.1, 0.15) is 17.7 Å². The van der Waals surface area contributed by atoms with E-state index in [9.17, 15) is 8.42 Å². The molecule has 1 saturated heterocycles. The number of imidazole rings is 1. The second-order valence-electron chi connectivity index (χ2n) is 6.86. The highest BCUT2D eigenvalue weighted by molar-refractivity contribution is 7.89. The van der Waals surface area contributed by atoms with Crippen molar-refractivity contribution in [3.63, 3.8) is 0 Å². The highest BCUT2D eigenvalue weighted by atomic mass is 35.5. The monoisotopic (exact) mass is 396 g/mol. The molecule has 2 aromatic rings. The first-order chi connectivity index (χ1) is 12.4. The molecule has 2 atom stereocenters. The topological polar surface area (TPSA) is 78.5 Å². The van der Waals surface area contributed by atoms with Crippen LogP contribution in [0.15, 0.2) is 29.4 Å². The number of sulfonamides is 1. The first-order valence-electron chi connectivity index (χ1n) is 8.55. The van der Waals surface area contributed by atoms with E-state index in [2.05, 4.69) is 14.9 Å². The van der Waals surface area contributed by atoms with Gasteiger partial charge in [0.15, 0.2) is 0 Å². The lowest BCUT2D eigenvalue weighted by molar-refractivity contribution is 0.142. The van der Waals surface area contributed by atoms with Crippen molar-refractivity contribution in [1.29, 1.82) is 0 Å². The van der Waals surface area contributed by atoms with Crippen molar-refractivity contribution in [3.8, 4) is 5.75 Å². The second-order valence-corrected chi connectivity index (χ2v) is 9.20. The van der Waals surface area contributed by atoms with Crippen LogP contribution in [0.1, 0.15) is 24.4 Å². The largest absolute Gasteiger partial charge is 0.489 e. The predicted octanol–water partition coefficient (Wildman–Crippen LogP) is 2.06. The molecule has 1 aromatic heterocycles. The molecule has 0 aliphatic carbocycles. The van der Waals surface area contributed by atoms with Gasteiger partial charge in [0, 0.05) is 44.0 Å². The van der Waals surface area contributed by atoms with Gasteiger partial charge in [-0.05, 0) is 26.1 Å². The normalized spacial score (nSPS) is 24.4. The molecule has 2 aliphatic rings. The summed E-state index contributed by atoms with van der Waals surface area (Å²) in [7, 11) is -1.67. The quantitative estimate of drug-likeness (QED) is 0.859. The van der Waals surface area contributed by atoms with Gasteiger partial charge in [0.2, 0.25) is 10.0 Å². The Kier molecular flexibility index (Phi) is 4.46. The fourth-order valence-electron chi connectivity index (χ4n) is 3.58. The third kappa shape index (κ3) is 3.00. The molecule has 0 unspecified atom stereocenters. The van der Waals surface area contributed by atoms with E-state index >= 15 is 0 Å². The van der Waals surface area contributed by atoms with Crippen LogP contribution in [-0.4, -0.2) is 60.4 Å². The van der Waals surface area contributed by atoms with Crippen molar-refractivity contribution >= 4 is 21.6 Å². The van der Waals surface area contributed by atoms with Gasteiger partial charge in [-0.2, -0.15) is 4.31 Å². The fourth-order valence-corrected chi connectivity index (χ4v) is 5.44. The van der Waals surface area contributed by atoms with E-state index in [0.717, 1.165) is 11.4 Å². The maximum absolute atomic E-state index is 13.2. The highest BCUT2D eigenvalue weighted by Crippen LogP contribution is 2.39. The maximum atomic E-state index is 13.2. The third-order valence-electron chi connectivity index (χ3n) is 5.00. The number of nitrogens with one attached hydrogen (secondary N) is 1. The molecule has 7 nitrogen and oxygen atoms in total. The summed E-state index contributed by atoms with van der Waals surface area (Å²) >= 11 is 6.29. The molecule has 0 bridgehead atoms. The number of nitrogens with zero attached hydrogens (tertiary/aromatic N) is 3. The van der Waals surface area contributed by atoms with Gasteiger partial charge in [-0.25, -0.2) is 13.4 Å². The van der Waals surface area contributed by atoms with Gasteiger partial charge < -0.3 is 9.72 Å². The number of aromatic nitrogens is 2. The van der Waals surface area contributed by atoms with Crippen LogP contribution in [-0.2, 0) is 16.4 Å². The molecule has 1 N–H and O–H groups in total. The van der Waals surface area contributed by atoms with E-state index in [-0.39, 0.29) is 17.0 Å². The highest BCUT2D eigenvalue weighted by Gasteiger charge is 2.36. The number of H-pyrrole nitrogens is 1. The Bertz CT molecular complexity index is 916. The van der Waals surface area contributed by atoms with Crippen molar-refractivity contribution in [3.05, 3.63) is 40.9 Å². The first kappa shape index (κ1) is 17.8. The minimum absolute atomic E-state index is 0.00687. The predicted molar refractivity (Wildman–Crippen MR) is 98.0 cm³/mol. The summed E-state index contributed by atoms with van der Waals surface area (Å²) < 4.78 is 33.6. The Labute approximate surface area is 158 Å². The van der Waals surface area contributed by atoms with Crippen molar-refractivity contribution in [2.24, 2.45) is 0 Å². The summed E-state index contributed by atoms with van der Waals surface area (Å²) in [5, 5.41) is 0.349. The molecular weight excluding hydrogens is 376 g/mol. The number of piperazine rings is 1. The van der Waals surface area contributed by atoms with Crippen molar-refractivity contribution in [1.82, 2.24) is 19.2 Å². The van der Waals surface area contributed by atoms with Gasteiger partial charge in [-0.15, -0.1) is 0 Å². The zero-order valence-electron chi connectivity index (χ0n) is 14.6. The summed E-state index contributed by atoms with van der Waals surface area (Å²) in [5.41, 5.74) is 0.847. The average molecular weight is 397 g/mol. The number of halogens is 1. The van der Waals surface area contributed by atoms with E-state index in [1.54, 1.807) is 18.5 Å². The standard InChI is InChI=1S/C17H21ClN4O3S/c1-11-7-12-8-13(9-14(18)16(12)25-11)26(23,24)22-6-5-21(2)15(10-22)17-19-3-4-20-17/h3-4,8-9,11,15H,5-7,10H2,1-2H3,(H,19,20)/t11-,15-/m1/s1. The minimum atomic E-state index is -3.65. The van der Waals surface area contributed by atoms with Crippen molar-refractivity contribution in [2.75, 3.05) is 26.7 Å². The number of aromatic amines is 1. The molecule has 0 spiro atoms. The molecule has 0 radical (unpaired) electrons. The molecule has 3 heterocycles. The van der Waals surface area contributed by atoms with Gasteiger partial charge in [-0.3, -0.25) is 4.90 Å². The molecule has 9 heteroatoms. The van der Waals surface area contributed by atoms with Crippen LogP contribution in [0.2, 0.25) is 5.02 Å². The number of likely N-dealkylation sites (N-methyl/N-ethyl adjacent to an activating group) is 1. The van der Waals surface area contributed by atoms with E-state index < -0.39 is 10.0 Å². The van der Waals surface area contributed by atoms with Gasteiger partial charge in [0.05, 0.1) is 16.0 Å². The van der Waals surface area contributed by atoms with Gasteiger partial charge >= 0.3 is 0 Å². The first-order valence-corrected chi connectivity index (χ1v) is 10.4. The molecule has 140 valence electrons.